The Balaban J connectivity index is 1.55. The molecule has 0 saturated heterocycles. The van der Waals surface area contributed by atoms with Gasteiger partial charge < -0.3 is 4.74 Å². The van der Waals surface area contributed by atoms with Crippen LogP contribution >= 0.6 is 0 Å². The average Bonchev–Trinajstić information content (AvgIpc) is 2.74. The number of hydrogen-bond donors (Lipinski definition) is 1. The van der Waals surface area contributed by atoms with Gasteiger partial charge in [-0.1, -0.05) is 12.1 Å². The maximum absolute atomic E-state index is 13.0. The zero-order valence-corrected chi connectivity index (χ0v) is 15.7. The normalized spacial score (nSPS) is 15.5. The lowest BCUT2D eigenvalue weighted by Crippen LogP contribution is -2.22. The summed E-state index contributed by atoms with van der Waals surface area (Å²) in [5.41, 5.74) is 2.40. The molecule has 6 nitrogen and oxygen atoms in total. The fraction of sp³-hybridized carbons (Fsp3) is 0.182. The van der Waals surface area contributed by atoms with Crippen LogP contribution in [0.3, 0.4) is 0 Å². The fourth-order valence-electron chi connectivity index (χ4n) is 3.39. The number of aromatic nitrogens is 2. The number of carbonyl (C=O) groups excluding carboxylic acids is 2. The molecule has 0 spiro atoms. The Hall–Kier alpha value is -3.61. The number of ketones is 1. The number of anilines is 1. The molecule has 1 amide bonds. The highest BCUT2D eigenvalue weighted by molar-refractivity contribution is 6.03. The largest absolute Gasteiger partial charge is 0.497 e. The van der Waals surface area contributed by atoms with Crippen LogP contribution in [0.25, 0.3) is 0 Å². The average molecular weight is 391 g/mol. The highest BCUT2D eigenvalue weighted by Gasteiger charge is 2.28. The molecular formula is C22H18FN3O3. The van der Waals surface area contributed by atoms with E-state index < -0.39 is 11.7 Å². The number of nitrogens with zero attached hydrogens (tertiary/aromatic N) is 2. The Morgan fingerprint density at radius 2 is 1.83 bits per heavy atom. The summed E-state index contributed by atoms with van der Waals surface area (Å²) in [4.78, 5) is 33.3. The number of ether oxygens (including phenoxy) is 1. The molecule has 1 aliphatic carbocycles. The van der Waals surface area contributed by atoms with E-state index in [2.05, 4.69) is 15.3 Å². The van der Waals surface area contributed by atoms with Crippen LogP contribution in [0.2, 0.25) is 0 Å². The summed E-state index contributed by atoms with van der Waals surface area (Å²) in [5.74, 6) is -0.0287. The molecule has 1 aliphatic rings. The Morgan fingerprint density at radius 1 is 1.10 bits per heavy atom. The van der Waals surface area contributed by atoms with Crippen molar-refractivity contribution in [2.24, 2.45) is 0 Å². The molecule has 0 bridgehead atoms. The Morgan fingerprint density at radius 3 is 2.52 bits per heavy atom. The van der Waals surface area contributed by atoms with E-state index in [-0.39, 0.29) is 17.6 Å². The van der Waals surface area contributed by atoms with Gasteiger partial charge in [-0.25, -0.2) is 14.4 Å². The van der Waals surface area contributed by atoms with E-state index in [1.165, 1.54) is 30.5 Å². The second kappa shape index (κ2) is 7.79. The number of methoxy groups -OCH3 is 1. The first-order valence-corrected chi connectivity index (χ1v) is 9.13. The maximum atomic E-state index is 13.0. The first kappa shape index (κ1) is 18.7. The number of benzene rings is 2. The van der Waals surface area contributed by atoms with Crippen molar-refractivity contribution >= 4 is 17.6 Å². The molecule has 1 N–H and O–H groups in total. The fourth-order valence-corrected chi connectivity index (χ4v) is 3.39. The van der Waals surface area contributed by atoms with Crippen LogP contribution in [-0.2, 0) is 6.42 Å². The molecule has 1 unspecified atom stereocenters. The van der Waals surface area contributed by atoms with Crippen molar-refractivity contribution in [1.82, 2.24) is 9.97 Å². The quantitative estimate of drug-likeness (QED) is 0.732. The molecule has 1 aromatic heterocycles. The molecule has 7 heteroatoms. The molecular weight excluding hydrogens is 373 g/mol. The maximum Gasteiger partial charge on any atom is 0.258 e. The Labute approximate surface area is 166 Å². The Bertz CT molecular complexity index is 1070. The highest BCUT2D eigenvalue weighted by atomic mass is 19.1. The smallest absolute Gasteiger partial charge is 0.258 e. The van der Waals surface area contributed by atoms with Crippen molar-refractivity contribution in [3.05, 3.63) is 82.9 Å². The zero-order chi connectivity index (χ0) is 20.4. The minimum atomic E-state index is -0.446. The van der Waals surface area contributed by atoms with Gasteiger partial charge in [-0.15, -0.1) is 0 Å². The summed E-state index contributed by atoms with van der Waals surface area (Å²) < 4.78 is 18.2. The summed E-state index contributed by atoms with van der Waals surface area (Å²) in [5, 5.41) is 2.60. The van der Waals surface area contributed by atoms with Gasteiger partial charge in [0.15, 0.2) is 5.78 Å². The molecule has 0 fully saturated rings. The van der Waals surface area contributed by atoms with Crippen molar-refractivity contribution in [1.29, 1.82) is 0 Å². The molecule has 0 aliphatic heterocycles. The predicted octanol–water partition coefficient (Wildman–Crippen LogP) is 3.79. The second-order valence-corrected chi connectivity index (χ2v) is 6.82. The number of halogens is 1. The summed E-state index contributed by atoms with van der Waals surface area (Å²) in [6.07, 6.45) is 2.40. The number of carbonyl (C=O) groups is 2. The standard InChI is InChI=1S/C22H18FN3O3/c1-29-17-8-4-13(5-9-17)15-10-19-18(20(27)11-15)12-24-22(25-19)26-21(28)14-2-6-16(23)7-3-14/h2-9,12,15H,10-11H2,1H3,(H,24,25,26,28). The van der Waals surface area contributed by atoms with Crippen LogP contribution in [0.4, 0.5) is 10.3 Å². The predicted molar refractivity (Wildman–Crippen MR) is 105 cm³/mol. The number of nitrogens with one attached hydrogen (secondary N) is 1. The van der Waals surface area contributed by atoms with Crippen LogP contribution in [0.15, 0.2) is 54.7 Å². The summed E-state index contributed by atoms with van der Waals surface area (Å²) >= 11 is 0. The van der Waals surface area contributed by atoms with Gasteiger partial charge in [0.05, 0.1) is 18.4 Å². The Kier molecular flexibility index (Phi) is 5.03. The molecule has 0 radical (unpaired) electrons. The number of fused-ring (bicyclic) bond motifs is 1. The van der Waals surface area contributed by atoms with Crippen LogP contribution in [0.5, 0.6) is 5.75 Å². The molecule has 1 heterocycles. The van der Waals surface area contributed by atoms with Gasteiger partial charge in [-0.3, -0.25) is 14.9 Å². The lowest BCUT2D eigenvalue weighted by Gasteiger charge is -2.23. The summed E-state index contributed by atoms with van der Waals surface area (Å²) in [6, 6.07) is 12.8. The second-order valence-electron chi connectivity index (χ2n) is 6.82. The molecule has 146 valence electrons. The van der Waals surface area contributed by atoms with Crippen LogP contribution in [0, 0.1) is 5.82 Å². The lowest BCUT2D eigenvalue weighted by molar-refractivity contribution is 0.0962. The van der Waals surface area contributed by atoms with Crippen molar-refractivity contribution < 1.29 is 18.7 Å². The van der Waals surface area contributed by atoms with Crippen LogP contribution < -0.4 is 10.1 Å². The third-order valence-electron chi connectivity index (χ3n) is 4.96. The summed E-state index contributed by atoms with van der Waals surface area (Å²) in [6.45, 7) is 0. The number of amides is 1. The third-order valence-corrected chi connectivity index (χ3v) is 4.96. The topological polar surface area (TPSA) is 81.2 Å². The monoisotopic (exact) mass is 391 g/mol. The van der Waals surface area contributed by atoms with E-state index in [0.29, 0.717) is 29.7 Å². The van der Waals surface area contributed by atoms with E-state index >= 15 is 0 Å². The van der Waals surface area contributed by atoms with E-state index in [4.69, 9.17) is 4.74 Å². The molecule has 4 rings (SSSR count). The van der Waals surface area contributed by atoms with Crippen molar-refractivity contribution in [3.8, 4) is 5.75 Å². The van der Waals surface area contributed by atoms with Gasteiger partial charge in [0.2, 0.25) is 5.95 Å². The minimum Gasteiger partial charge on any atom is -0.497 e. The van der Waals surface area contributed by atoms with Gasteiger partial charge in [-0.05, 0) is 54.3 Å². The van der Waals surface area contributed by atoms with Crippen LogP contribution in [0.1, 0.15) is 44.3 Å². The molecule has 0 saturated carbocycles. The van der Waals surface area contributed by atoms with Gasteiger partial charge in [-0.2, -0.15) is 0 Å². The van der Waals surface area contributed by atoms with E-state index in [0.717, 1.165) is 11.3 Å². The van der Waals surface area contributed by atoms with Crippen LogP contribution in [-0.4, -0.2) is 28.8 Å². The number of hydrogen-bond acceptors (Lipinski definition) is 5. The zero-order valence-electron chi connectivity index (χ0n) is 15.7. The van der Waals surface area contributed by atoms with Gasteiger partial charge in [0.25, 0.3) is 5.91 Å². The minimum absolute atomic E-state index is 0.00328. The van der Waals surface area contributed by atoms with Gasteiger partial charge in [0, 0.05) is 18.2 Å². The highest BCUT2D eigenvalue weighted by Crippen LogP contribution is 2.32. The summed E-state index contributed by atoms with van der Waals surface area (Å²) in [7, 11) is 1.61. The SMILES string of the molecule is COc1ccc(C2CC(=O)c3cnc(NC(=O)c4ccc(F)cc4)nc3C2)cc1. The first-order chi connectivity index (χ1) is 14.0. The van der Waals surface area contributed by atoms with E-state index in [1.54, 1.807) is 7.11 Å². The van der Waals surface area contributed by atoms with E-state index in [9.17, 15) is 14.0 Å². The molecule has 3 aromatic rings. The molecule has 1 atom stereocenters. The molecule has 2 aromatic carbocycles. The lowest BCUT2D eigenvalue weighted by atomic mass is 9.82. The first-order valence-electron chi connectivity index (χ1n) is 9.13. The van der Waals surface area contributed by atoms with Crippen molar-refractivity contribution in [2.45, 2.75) is 18.8 Å². The van der Waals surface area contributed by atoms with E-state index in [1.807, 2.05) is 24.3 Å². The molecule has 29 heavy (non-hydrogen) atoms. The third kappa shape index (κ3) is 3.99. The number of rotatable bonds is 4. The number of Topliss-reactive ketones (excluding diaryl/α,β-unsaturated/α-hetero) is 1. The van der Waals surface area contributed by atoms with Gasteiger partial charge in [0.1, 0.15) is 11.6 Å². The van der Waals surface area contributed by atoms with Gasteiger partial charge >= 0.3 is 0 Å². The van der Waals surface area contributed by atoms with Crippen molar-refractivity contribution in [2.75, 3.05) is 12.4 Å². The van der Waals surface area contributed by atoms with Crippen molar-refractivity contribution in [3.63, 3.8) is 0 Å².